The van der Waals surface area contributed by atoms with Crippen LogP contribution in [0.5, 0.6) is 0 Å². The van der Waals surface area contributed by atoms with E-state index in [1.54, 1.807) is 0 Å². The maximum absolute atomic E-state index is 4.37. The Morgan fingerprint density at radius 2 is 1.22 bits per heavy atom. The van der Waals surface area contributed by atoms with E-state index in [2.05, 4.69) is 16.0 Å². The Labute approximate surface area is 62.2 Å². The Morgan fingerprint density at radius 1 is 0.778 bits per heavy atom. The van der Waals surface area contributed by atoms with E-state index >= 15 is 0 Å². The molecule has 0 unspecified atom stereocenters. The molecular weight excluding hydrogens is 152 g/mol. The summed E-state index contributed by atoms with van der Waals surface area (Å²) in [6, 6.07) is 0. The summed E-state index contributed by atoms with van der Waals surface area (Å²) in [5, 5.41) is 0. The fourth-order valence-electron chi connectivity index (χ4n) is 5.26. The van der Waals surface area contributed by atoms with E-state index in [1.807, 2.05) is 0 Å². The topological polar surface area (TPSA) is 0 Å². The fraction of sp³-hybridized carbons (Fsp3) is 1.00. The molecule has 0 atom stereocenters. The van der Waals surface area contributed by atoms with Crippen molar-refractivity contribution in [2.75, 3.05) is 0 Å². The molecule has 0 heterocycles. The Balaban J connectivity index is 1.93. The molecule has 0 spiro atoms. The summed E-state index contributed by atoms with van der Waals surface area (Å²) in [6.07, 6.45) is 0. The average Bonchev–Trinajstić information content (AvgIpc) is 1.88. The molecule has 6 aliphatic carbocycles. The van der Waals surface area contributed by atoms with E-state index in [4.69, 9.17) is 0 Å². The molecule has 6 saturated carbocycles. The third-order valence-corrected chi connectivity index (χ3v) is 6.43. The summed E-state index contributed by atoms with van der Waals surface area (Å²) >= 11 is 4.37. The molecule has 0 nitrogen and oxygen atoms in total. The second-order valence-corrected chi connectivity index (χ2v) is 5.65. The van der Waals surface area contributed by atoms with Gasteiger partial charge in [-0.05, 0) is 0 Å². The van der Waals surface area contributed by atoms with Crippen molar-refractivity contribution in [3.05, 3.63) is 0 Å². The van der Waals surface area contributed by atoms with E-state index in [1.165, 1.54) is 41.4 Å². The second-order valence-electron chi connectivity index (χ2n) is 4.69. The fourth-order valence-corrected chi connectivity index (χ4v) is 6.54. The molecule has 6 aliphatic rings. The molecule has 0 aliphatic heterocycles. The molecule has 0 radical (unpaired) electrons. The van der Waals surface area contributed by atoms with Crippen LogP contribution in [-0.2, 0) is 16.0 Å². The van der Waals surface area contributed by atoms with Crippen molar-refractivity contribution in [2.24, 2.45) is 41.4 Å². The molecule has 1 heteroatoms. The summed E-state index contributed by atoms with van der Waals surface area (Å²) in [5.74, 6) is 8.49. The first-order valence-corrected chi connectivity index (χ1v) is 4.59. The Bertz CT molecular complexity index is 206. The quantitative estimate of drug-likeness (QED) is 0.464. The van der Waals surface area contributed by atoms with E-state index in [0.29, 0.717) is 0 Å². The van der Waals surface area contributed by atoms with Gasteiger partial charge < -0.3 is 0 Å². The second kappa shape index (κ2) is 0.636. The molecule has 0 aromatic heterocycles. The molecule has 0 aromatic rings. The zero-order chi connectivity index (χ0) is 5.54. The van der Waals surface area contributed by atoms with Crippen LogP contribution in [0.15, 0.2) is 0 Å². The molecule has 0 saturated heterocycles. The molecule has 6 rings (SSSR count). The van der Waals surface area contributed by atoms with Crippen molar-refractivity contribution in [1.29, 1.82) is 0 Å². The first-order valence-electron chi connectivity index (χ1n) is 4.04. The summed E-state index contributed by atoms with van der Waals surface area (Å²) in [4.78, 5) is 0. The van der Waals surface area contributed by atoms with Crippen LogP contribution < -0.4 is 0 Å². The zero-order valence-corrected chi connectivity index (χ0v) is 6.00. The van der Waals surface area contributed by atoms with E-state index in [9.17, 15) is 0 Å². The van der Waals surface area contributed by atoms with Crippen LogP contribution in [0.3, 0.4) is 0 Å². The molecule has 0 aromatic carbocycles. The summed E-state index contributed by atoms with van der Waals surface area (Å²) in [7, 11) is 0. The zero-order valence-electron chi connectivity index (χ0n) is 4.90. The summed E-state index contributed by atoms with van der Waals surface area (Å²) < 4.78 is 0.717. The van der Waals surface area contributed by atoms with E-state index < -0.39 is 0 Å². The first kappa shape index (κ1) is 3.78. The van der Waals surface area contributed by atoms with E-state index in [-0.39, 0.29) is 0 Å². The third kappa shape index (κ3) is 0.122. The van der Waals surface area contributed by atoms with Crippen LogP contribution in [0.4, 0.5) is 0 Å². The monoisotopic (exact) mass is 159 g/mol. The van der Waals surface area contributed by atoms with Gasteiger partial charge in [0.25, 0.3) is 0 Å². The molecule has 6 fully saturated rings. The first-order chi connectivity index (χ1) is 4.37. The van der Waals surface area contributed by atoms with Crippen molar-refractivity contribution < 1.29 is 16.0 Å². The predicted molar refractivity (Wildman–Crippen MR) is 27.1 cm³/mol. The number of hydrogen-bond acceptors (Lipinski definition) is 0. The number of rotatable bonds is 0. The van der Waals surface area contributed by atoms with Gasteiger partial charge in [-0.3, -0.25) is 0 Å². The molecule has 47 valence electrons. The maximum atomic E-state index is 4.37. The average molecular weight is 159 g/mol. The van der Waals surface area contributed by atoms with Gasteiger partial charge in [0.05, 0.1) is 0 Å². The Kier molecular flexibility index (Phi) is 0.267. The summed E-state index contributed by atoms with van der Waals surface area (Å²) in [5.41, 5.74) is 0. The van der Waals surface area contributed by atoms with Gasteiger partial charge in [0.15, 0.2) is 0 Å². The number of hydrogen-bond donors (Lipinski definition) is 0. The van der Waals surface area contributed by atoms with Crippen LogP contribution in [0.2, 0.25) is 4.31 Å². The minimum absolute atomic E-state index is 0.717. The standard InChI is InChI=1S/C8H7.Fe/c1-2-5-3(1)7-4(1)6(2)8(5)7;/h1-7H;. The molecular formula is C8H7Fe. The van der Waals surface area contributed by atoms with E-state index in [0.717, 1.165) is 4.31 Å². The van der Waals surface area contributed by atoms with Gasteiger partial charge in [-0.1, -0.05) is 0 Å². The van der Waals surface area contributed by atoms with Gasteiger partial charge >= 0.3 is 61.8 Å². The Hall–Kier alpha value is 0.519. The molecule has 0 amide bonds. The molecule has 9 heavy (non-hydrogen) atoms. The van der Waals surface area contributed by atoms with Crippen molar-refractivity contribution >= 4 is 0 Å². The predicted octanol–water partition coefficient (Wildman–Crippen LogP) is 1.07. The van der Waals surface area contributed by atoms with Gasteiger partial charge in [-0.25, -0.2) is 0 Å². The van der Waals surface area contributed by atoms with Crippen molar-refractivity contribution in [3.8, 4) is 0 Å². The summed E-state index contributed by atoms with van der Waals surface area (Å²) in [6.45, 7) is 0. The van der Waals surface area contributed by atoms with Gasteiger partial charge in [-0.2, -0.15) is 0 Å². The van der Waals surface area contributed by atoms with Crippen LogP contribution in [0.25, 0.3) is 0 Å². The van der Waals surface area contributed by atoms with Crippen molar-refractivity contribution in [2.45, 2.75) is 4.31 Å². The van der Waals surface area contributed by atoms with Crippen LogP contribution in [0.1, 0.15) is 0 Å². The normalized spacial score (nSPS) is 106. The molecule has 0 N–H and O–H groups in total. The van der Waals surface area contributed by atoms with Gasteiger partial charge in [0, 0.05) is 0 Å². The third-order valence-electron chi connectivity index (χ3n) is 5.33. The molecule has 0 bridgehead atoms. The minimum atomic E-state index is 0.717. The Morgan fingerprint density at radius 3 is 1.44 bits per heavy atom. The van der Waals surface area contributed by atoms with Gasteiger partial charge in [0.2, 0.25) is 0 Å². The van der Waals surface area contributed by atoms with Crippen molar-refractivity contribution in [1.82, 2.24) is 0 Å². The van der Waals surface area contributed by atoms with Gasteiger partial charge in [0.1, 0.15) is 0 Å². The van der Waals surface area contributed by atoms with Gasteiger partial charge in [-0.15, -0.1) is 0 Å². The van der Waals surface area contributed by atoms with Crippen molar-refractivity contribution in [3.63, 3.8) is 0 Å². The SMILES string of the molecule is [Fe][C]12C3C4C5C3C1C5C42. The van der Waals surface area contributed by atoms with Crippen LogP contribution in [-0.4, -0.2) is 0 Å². The van der Waals surface area contributed by atoms with Crippen LogP contribution >= 0.6 is 0 Å². The van der Waals surface area contributed by atoms with Crippen LogP contribution in [0, 0.1) is 41.4 Å².